The van der Waals surface area contributed by atoms with E-state index in [1.165, 1.54) is 16.0 Å². The molecule has 0 aliphatic carbocycles. The maximum absolute atomic E-state index is 6.14. The van der Waals surface area contributed by atoms with Crippen molar-refractivity contribution in [1.82, 2.24) is 0 Å². The molecule has 0 heterocycles. The van der Waals surface area contributed by atoms with Gasteiger partial charge < -0.3 is 4.74 Å². The Balaban J connectivity index is 2.32. The van der Waals surface area contributed by atoms with Gasteiger partial charge in [-0.15, -0.1) is 0 Å². The van der Waals surface area contributed by atoms with E-state index in [1.807, 2.05) is 18.2 Å². The first-order valence-corrected chi connectivity index (χ1v) is 6.89. The van der Waals surface area contributed by atoms with E-state index in [2.05, 4.69) is 32.0 Å². The number of halogens is 1. The Labute approximate surface area is 117 Å². The van der Waals surface area contributed by atoms with Crippen molar-refractivity contribution >= 4 is 23.4 Å². The van der Waals surface area contributed by atoms with E-state index < -0.39 is 0 Å². The summed E-state index contributed by atoms with van der Waals surface area (Å²) in [4.78, 5) is 2.41. The Morgan fingerprint density at radius 1 is 1.06 bits per heavy atom. The number of benzene rings is 2. The summed E-state index contributed by atoms with van der Waals surface area (Å²) in [5.74, 6) is 0.711. The zero-order chi connectivity index (χ0) is 13.1. The quantitative estimate of drug-likeness (QED) is 0.771. The zero-order valence-electron chi connectivity index (χ0n) is 10.7. The van der Waals surface area contributed by atoms with E-state index in [0.29, 0.717) is 10.8 Å². The van der Waals surface area contributed by atoms with Crippen molar-refractivity contribution in [3.05, 3.63) is 52.5 Å². The van der Waals surface area contributed by atoms with Gasteiger partial charge in [-0.2, -0.15) is 0 Å². The standard InChI is InChI=1S/C15H15ClOS/c1-10-5-4-6-11(2)15(10)18-12-7-8-14(17-3)13(16)9-12/h4-9H,1-3H3. The number of methoxy groups -OCH3 is 1. The van der Waals surface area contributed by atoms with Crippen LogP contribution in [0, 0.1) is 13.8 Å². The van der Waals surface area contributed by atoms with Crippen LogP contribution < -0.4 is 4.74 Å². The lowest BCUT2D eigenvalue weighted by Gasteiger charge is -2.10. The first-order chi connectivity index (χ1) is 8.61. The van der Waals surface area contributed by atoms with Crippen molar-refractivity contribution in [2.24, 2.45) is 0 Å². The second kappa shape index (κ2) is 5.68. The minimum Gasteiger partial charge on any atom is -0.495 e. The first-order valence-electron chi connectivity index (χ1n) is 5.69. The topological polar surface area (TPSA) is 9.23 Å². The molecule has 2 rings (SSSR count). The van der Waals surface area contributed by atoms with Crippen LogP contribution in [0.4, 0.5) is 0 Å². The molecular formula is C15H15ClOS. The average Bonchev–Trinajstić information content (AvgIpc) is 2.34. The van der Waals surface area contributed by atoms with E-state index >= 15 is 0 Å². The highest BCUT2D eigenvalue weighted by atomic mass is 35.5. The molecule has 0 saturated carbocycles. The van der Waals surface area contributed by atoms with Crippen LogP contribution in [0.5, 0.6) is 5.75 Å². The number of aryl methyl sites for hydroxylation is 2. The van der Waals surface area contributed by atoms with E-state index in [-0.39, 0.29) is 0 Å². The lowest BCUT2D eigenvalue weighted by molar-refractivity contribution is 0.414. The monoisotopic (exact) mass is 278 g/mol. The van der Waals surface area contributed by atoms with Gasteiger partial charge in [0, 0.05) is 9.79 Å². The van der Waals surface area contributed by atoms with E-state index in [9.17, 15) is 0 Å². The molecular weight excluding hydrogens is 264 g/mol. The Bertz CT molecular complexity index is 546. The van der Waals surface area contributed by atoms with Crippen LogP contribution in [0.2, 0.25) is 5.02 Å². The highest BCUT2D eigenvalue weighted by molar-refractivity contribution is 7.99. The molecule has 0 radical (unpaired) electrons. The average molecular weight is 279 g/mol. The highest BCUT2D eigenvalue weighted by Gasteiger charge is 2.07. The first kappa shape index (κ1) is 13.3. The number of hydrogen-bond donors (Lipinski definition) is 0. The molecule has 2 aromatic carbocycles. The highest BCUT2D eigenvalue weighted by Crippen LogP contribution is 2.36. The summed E-state index contributed by atoms with van der Waals surface area (Å²) < 4.78 is 5.16. The summed E-state index contributed by atoms with van der Waals surface area (Å²) >= 11 is 7.87. The Morgan fingerprint density at radius 3 is 2.28 bits per heavy atom. The molecule has 0 atom stereocenters. The van der Waals surface area contributed by atoms with Crippen LogP contribution in [0.15, 0.2) is 46.2 Å². The van der Waals surface area contributed by atoms with Crippen LogP contribution >= 0.6 is 23.4 Å². The van der Waals surface area contributed by atoms with Gasteiger partial charge >= 0.3 is 0 Å². The molecule has 0 saturated heterocycles. The Morgan fingerprint density at radius 2 is 1.72 bits per heavy atom. The number of ether oxygens (including phenoxy) is 1. The molecule has 0 aliphatic heterocycles. The molecule has 0 N–H and O–H groups in total. The molecule has 2 aromatic rings. The maximum Gasteiger partial charge on any atom is 0.137 e. The maximum atomic E-state index is 6.14. The third kappa shape index (κ3) is 2.82. The van der Waals surface area contributed by atoms with E-state index in [4.69, 9.17) is 16.3 Å². The fourth-order valence-electron chi connectivity index (χ4n) is 1.79. The minimum absolute atomic E-state index is 0.647. The van der Waals surface area contributed by atoms with Gasteiger partial charge in [0.05, 0.1) is 12.1 Å². The summed E-state index contributed by atoms with van der Waals surface area (Å²) in [6.45, 7) is 4.25. The van der Waals surface area contributed by atoms with Crippen molar-refractivity contribution in [3.63, 3.8) is 0 Å². The van der Waals surface area contributed by atoms with Gasteiger partial charge in [-0.1, -0.05) is 41.6 Å². The summed E-state index contributed by atoms with van der Waals surface area (Å²) in [5.41, 5.74) is 2.57. The SMILES string of the molecule is COc1ccc(Sc2c(C)cccc2C)cc1Cl. The molecule has 1 nitrogen and oxygen atoms in total. The van der Waals surface area contributed by atoms with Gasteiger partial charge in [0.25, 0.3) is 0 Å². The molecule has 0 spiro atoms. The Hall–Kier alpha value is -1.12. The van der Waals surface area contributed by atoms with Gasteiger partial charge in [-0.05, 0) is 43.2 Å². The van der Waals surface area contributed by atoms with Gasteiger partial charge in [-0.3, -0.25) is 0 Å². The van der Waals surface area contributed by atoms with Gasteiger partial charge in [-0.25, -0.2) is 0 Å². The summed E-state index contributed by atoms with van der Waals surface area (Å²) in [6.07, 6.45) is 0. The lowest BCUT2D eigenvalue weighted by Crippen LogP contribution is -1.86. The number of hydrogen-bond acceptors (Lipinski definition) is 2. The van der Waals surface area contributed by atoms with Crippen LogP contribution in [-0.4, -0.2) is 7.11 Å². The van der Waals surface area contributed by atoms with Crippen LogP contribution in [0.1, 0.15) is 11.1 Å². The van der Waals surface area contributed by atoms with E-state index in [1.54, 1.807) is 18.9 Å². The fourth-order valence-corrected chi connectivity index (χ4v) is 3.12. The molecule has 0 fully saturated rings. The summed E-state index contributed by atoms with van der Waals surface area (Å²) in [6, 6.07) is 12.2. The molecule has 0 amide bonds. The number of rotatable bonds is 3. The Kier molecular flexibility index (Phi) is 4.20. The smallest absolute Gasteiger partial charge is 0.137 e. The minimum atomic E-state index is 0.647. The normalized spacial score (nSPS) is 10.4. The fraction of sp³-hybridized carbons (Fsp3) is 0.200. The third-order valence-electron chi connectivity index (χ3n) is 2.75. The molecule has 0 unspecified atom stereocenters. The van der Waals surface area contributed by atoms with Crippen molar-refractivity contribution in [3.8, 4) is 5.75 Å². The predicted molar refractivity (Wildman–Crippen MR) is 78.0 cm³/mol. The lowest BCUT2D eigenvalue weighted by atomic mass is 10.2. The molecule has 94 valence electrons. The van der Waals surface area contributed by atoms with Crippen LogP contribution in [0.3, 0.4) is 0 Å². The third-order valence-corrected chi connectivity index (χ3v) is 4.39. The second-order valence-electron chi connectivity index (χ2n) is 4.12. The van der Waals surface area contributed by atoms with Crippen molar-refractivity contribution in [1.29, 1.82) is 0 Å². The predicted octanol–water partition coefficient (Wildman–Crippen LogP) is 5.12. The molecule has 3 heteroatoms. The zero-order valence-corrected chi connectivity index (χ0v) is 12.2. The largest absolute Gasteiger partial charge is 0.495 e. The van der Waals surface area contributed by atoms with E-state index in [0.717, 1.165) is 4.90 Å². The molecule has 0 aliphatic rings. The summed E-state index contributed by atoms with van der Waals surface area (Å²) in [7, 11) is 1.62. The van der Waals surface area contributed by atoms with Gasteiger partial charge in [0.1, 0.15) is 5.75 Å². The molecule has 0 bridgehead atoms. The van der Waals surface area contributed by atoms with Crippen LogP contribution in [0.25, 0.3) is 0 Å². The summed E-state index contributed by atoms with van der Waals surface area (Å²) in [5, 5.41) is 0.647. The molecule has 18 heavy (non-hydrogen) atoms. The molecule has 0 aromatic heterocycles. The van der Waals surface area contributed by atoms with Gasteiger partial charge in [0.2, 0.25) is 0 Å². The van der Waals surface area contributed by atoms with Crippen molar-refractivity contribution in [2.45, 2.75) is 23.6 Å². The van der Waals surface area contributed by atoms with Crippen molar-refractivity contribution < 1.29 is 4.74 Å². The van der Waals surface area contributed by atoms with Crippen molar-refractivity contribution in [2.75, 3.05) is 7.11 Å². The van der Waals surface area contributed by atoms with Gasteiger partial charge in [0.15, 0.2) is 0 Å². The second-order valence-corrected chi connectivity index (χ2v) is 5.61. The van der Waals surface area contributed by atoms with Crippen LogP contribution in [-0.2, 0) is 0 Å².